The minimum absolute atomic E-state index is 0.103. The summed E-state index contributed by atoms with van der Waals surface area (Å²) in [6.45, 7) is 0. The van der Waals surface area contributed by atoms with Crippen LogP contribution in [0, 0.1) is 0 Å². The minimum Gasteiger partial charge on any atom is -0.307 e. The summed E-state index contributed by atoms with van der Waals surface area (Å²) in [5, 5.41) is 8.30. The zero-order chi connectivity index (χ0) is 15.3. The van der Waals surface area contributed by atoms with E-state index in [4.69, 9.17) is 0 Å². The summed E-state index contributed by atoms with van der Waals surface area (Å²) >= 11 is 3.30. The predicted molar refractivity (Wildman–Crippen MR) is 94.7 cm³/mol. The number of nitrogens with zero attached hydrogens (tertiary/aromatic N) is 1. The van der Waals surface area contributed by atoms with Gasteiger partial charge in [0, 0.05) is 26.8 Å². The molecule has 1 aliphatic carbocycles. The van der Waals surface area contributed by atoms with Crippen molar-refractivity contribution >= 4 is 51.1 Å². The van der Waals surface area contributed by atoms with Gasteiger partial charge < -0.3 is 10.2 Å². The third-order valence-corrected chi connectivity index (χ3v) is 6.41. The van der Waals surface area contributed by atoms with Crippen LogP contribution < -0.4 is 0 Å². The zero-order valence-electron chi connectivity index (χ0n) is 12.3. The van der Waals surface area contributed by atoms with Crippen LogP contribution in [0.4, 0.5) is 0 Å². The number of aromatic nitrogens is 3. The first kappa shape index (κ1) is 14.0. The number of Topliss-reactive ketones (excluding diaryl/α,β-unsaturated/α-hetero) is 1. The first-order valence-corrected chi connectivity index (χ1v) is 9.51. The average Bonchev–Trinajstić information content (AvgIpc) is 3.12. The number of ketones is 1. The van der Waals surface area contributed by atoms with Crippen LogP contribution in [0.25, 0.3) is 21.8 Å². The second-order valence-electron chi connectivity index (χ2n) is 5.31. The number of benzene rings is 1. The van der Waals surface area contributed by atoms with E-state index >= 15 is 0 Å². The molecule has 0 saturated heterocycles. The van der Waals surface area contributed by atoms with E-state index in [-0.39, 0.29) is 5.78 Å². The SMILES string of the molecule is CSC(SC)=C1CCc2c(nc3cc4[nH][nH]cc4cc23)C1=O. The molecule has 0 saturated carbocycles. The molecule has 2 N–H and O–H groups in total. The molecule has 0 spiro atoms. The molecule has 1 aromatic carbocycles. The van der Waals surface area contributed by atoms with E-state index in [1.54, 1.807) is 23.5 Å². The summed E-state index contributed by atoms with van der Waals surface area (Å²) in [6, 6.07) is 4.13. The van der Waals surface area contributed by atoms with Gasteiger partial charge in [0.2, 0.25) is 5.78 Å². The molecule has 2 aromatic heterocycles. The molecule has 0 bridgehead atoms. The number of carbonyl (C=O) groups excluding carboxylic acids is 1. The van der Waals surface area contributed by atoms with Crippen LogP contribution in [0.2, 0.25) is 0 Å². The van der Waals surface area contributed by atoms with Crippen molar-refractivity contribution in [1.82, 2.24) is 15.2 Å². The van der Waals surface area contributed by atoms with Gasteiger partial charge in [-0.2, -0.15) is 0 Å². The fourth-order valence-corrected chi connectivity index (χ4v) is 4.69. The zero-order valence-corrected chi connectivity index (χ0v) is 14.0. The summed E-state index contributed by atoms with van der Waals surface area (Å²) in [6.07, 6.45) is 7.67. The molecule has 4 nitrogen and oxygen atoms in total. The number of H-pyrrole nitrogens is 2. The van der Waals surface area contributed by atoms with E-state index in [1.807, 2.05) is 24.8 Å². The second kappa shape index (κ2) is 5.21. The summed E-state index contributed by atoms with van der Waals surface area (Å²) < 4.78 is 1.12. The second-order valence-corrected chi connectivity index (χ2v) is 7.20. The molecule has 4 rings (SSSR count). The van der Waals surface area contributed by atoms with Crippen molar-refractivity contribution in [2.45, 2.75) is 12.8 Å². The van der Waals surface area contributed by atoms with Crippen LogP contribution in [0.3, 0.4) is 0 Å². The molecule has 2 heterocycles. The molecule has 3 aromatic rings. The highest BCUT2D eigenvalue weighted by Gasteiger charge is 2.29. The number of rotatable bonds is 2. The Kier molecular flexibility index (Phi) is 3.31. The molecule has 0 atom stereocenters. The average molecular weight is 329 g/mol. The van der Waals surface area contributed by atoms with Crippen LogP contribution in [0.1, 0.15) is 22.5 Å². The maximum atomic E-state index is 12.8. The van der Waals surface area contributed by atoms with Gasteiger partial charge in [0.15, 0.2) is 0 Å². The van der Waals surface area contributed by atoms with Crippen LogP contribution >= 0.6 is 23.5 Å². The van der Waals surface area contributed by atoms with Gasteiger partial charge in [-0.3, -0.25) is 4.79 Å². The van der Waals surface area contributed by atoms with E-state index in [1.165, 1.54) is 0 Å². The highest BCUT2D eigenvalue weighted by atomic mass is 32.2. The maximum Gasteiger partial charge on any atom is 0.209 e. The fourth-order valence-electron chi connectivity index (χ4n) is 3.15. The van der Waals surface area contributed by atoms with Crippen molar-refractivity contribution in [3.63, 3.8) is 0 Å². The molecule has 0 radical (unpaired) electrons. The van der Waals surface area contributed by atoms with Gasteiger partial charge in [-0.25, -0.2) is 4.98 Å². The first-order valence-electron chi connectivity index (χ1n) is 7.07. The number of aromatic amines is 2. The third-order valence-electron chi connectivity index (χ3n) is 4.18. The highest BCUT2D eigenvalue weighted by Crippen LogP contribution is 2.38. The monoisotopic (exact) mass is 329 g/mol. The number of hydrogen-bond acceptors (Lipinski definition) is 4. The number of aryl methyl sites for hydroxylation is 1. The minimum atomic E-state index is 0.103. The van der Waals surface area contributed by atoms with Crippen LogP contribution in [-0.2, 0) is 6.42 Å². The lowest BCUT2D eigenvalue weighted by Gasteiger charge is -2.16. The molecule has 112 valence electrons. The van der Waals surface area contributed by atoms with Crippen LogP contribution in [0.5, 0.6) is 0 Å². The molecule has 1 aliphatic rings. The quantitative estimate of drug-likeness (QED) is 0.695. The topological polar surface area (TPSA) is 61.5 Å². The first-order chi connectivity index (χ1) is 10.7. The number of nitrogens with one attached hydrogen (secondary N) is 2. The van der Waals surface area contributed by atoms with Gasteiger partial charge in [-0.1, -0.05) is 0 Å². The number of carbonyl (C=O) groups is 1. The smallest absolute Gasteiger partial charge is 0.209 e. The van der Waals surface area contributed by atoms with Crippen molar-refractivity contribution in [1.29, 1.82) is 0 Å². The maximum absolute atomic E-state index is 12.8. The molecule has 0 amide bonds. The number of thioether (sulfide) groups is 2. The Balaban J connectivity index is 1.93. The van der Waals surface area contributed by atoms with Gasteiger partial charge in [-0.15, -0.1) is 23.5 Å². The van der Waals surface area contributed by atoms with Crippen molar-refractivity contribution in [3.8, 4) is 0 Å². The Morgan fingerprint density at radius 2 is 2.05 bits per heavy atom. The van der Waals surface area contributed by atoms with E-state index in [0.717, 1.165) is 50.0 Å². The summed E-state index contributed by atoms with van der Waals surface area (Å²) in [7, 11) is 0. The van der Waals surface area contributed by atoms with Crippen molar-refractivity contribution in [2.24, 2.45) is 0 Å². The van der Waals surface area contributed by atoms with E-state index in [0.29, 0.717) is 5.69 Å². The van der Waals surface area contributed by atoms with Gasteiger partial charge >= 0.3 is 0 Å². The van der Waals surface area contributed by atoms with Gasteiger partial charge in [0.25, 0.3) is 0 Å². The Labute approximate surface area is 136 Å². The Hall–Kier alpha value is -1.66. The Bertz CT molecular complexity index is 930. The number of hydrogen-bond donors (Lipinski definition) is 2. The molecular weight excluding hydrogens is 314 g/mol. The van der Waals surface area contributed by atoms with E-state index in [2.05, 4.69) is 21.2 Å². The Morgan fingerprint density at radius 1 is 1.23 bits per heavy atom. The molecule has 6 heteroatoms. The lowest BCUT2D eigenvalue weighted by Crippen LogP contribution is -2.14. The summed E-state index contributed by atoms with van der Waals surface area (Å²) in [5.41, 5.74) is 4.59. The molecular formula is C16H15N3OS2. The molecule has 0 fully saturated rings. The fraction of sp³-hybridized carbons (Fsp3) is 0.250. The van der Waals surface area contributed by atoms with Crippen LogP contribution in [0.15, 0.2) is 28.1 Å². The third kappa shape index (κ3) is 1.94. The normalized spacial score (nSPS) is 14.8. The molecule has 0 aliphatic heterocycles. The van der Waals surface area contributed by atoms with Crippen molar-refractivity contribution < 1.29 is 4.79 Å². The van der Waals surface area contributed by atoms with E-state index in [9.17, 15) is 4.79 Å². The number of fused-ring (bicyclic) bond motifs is 4. The Morgan fingerprint density at radius 3 is 2.82 bits per heavy atom. The van der Waals surface area contributed by atoms with Crippen molar-refractivity contribution in [3.05, 3.63) is 39.4 Å². The lowest BCUT2D eigenvalue weighted by molar-refractivity contribution is 0.102. The highest BCUT2D eigenvalue weighted by molar-refractivity contribution is 8.21. The predicted octanol–water partition coefficient (Wildman–Crippen LogP) is 4.11. The standard InChI is InChI=1S/C16H15N3OS2/c1-21-16(22-2)10-4-3-9-11-5-8-7-17-19-12(8)6-13(11)18-14(9)15(10)20/h5-7,17,19H,3-4H2,1-2H3. The molecule has 0 unspecified atom stereocenters. The summed E-state index contributed by atoms with van der Waals surface area (Å²) in [4.78, 5) is 17.4. The van der Waals surface area contributed by atoms with E-state index < -0.39 is 0 Å². The van der Waals surface area contributed by atoms with Gasteiger partial charge in [-0.05, 0) is 43.0 Å². The number of allylic oxidation sites excluding steroid dienone is 1. The van der Waals surface area contributed by atoms with Gasteiger partial charge in [0.05, 0.1) is 11.0 Å². The molecule has 22 heavy (non-hydrogen) atoms. The summed E-state index contributed by atoms with van der Waals surface area (Å²) in [5.74, 6) is 0.103. The van der Waals surface area contributed by atoms with Crippen molar-refractivity contribution in [2.75, 3.05) is 12.5 Å². The lowest BCUT2D eigenvalue weighted by atomic mass is 9.91. The largest absolute Gasteiger partial charge is 0.307 e. The van der Waals surface area contributed by atoms with Crippen LogP contribution in [-0.4, -0.2) is 33.5 Å². The van der Waals surface area contributed by atoms with Gasteiger partial charge in [0.1, 0.15) is 5.69 Å².